The summed E-state index contributed by atoms with van der Waals surface area (Å²) < 4.78 is 5.39. The maximum Gasteiger partial charge on any atom is 0.125 e. The number of hydrogen-bond donors (Lipinski definition) is 2. The topological polar surface area (TPSA) is 47.3 Å². The van der Waals surface area contributed by atoms with E-state index >= 15 is 0 Å². The molecule has 0 amide bonds. The van der Waals surface area contributed by atoms with Gasteiger partial charge < -0.3 is 4.74 Å². The molecule has 1 unspecified atom stereocenters. The summed E-state index contributed by atoms with van der Waals surface area (Å²) in [7, 11) is 1.65. The molecule has 0 saturated heterocycles. The molecule has 2 rings (SSSR count). The number of nitrogens with two attached hydrogens (primary N) is 1. The highest BCUT2D eigenvalue weighted by Crippen LogP contribution is 2.30. The second-order valence-corrected chi connectivity index (χ2v) is 5.42. The van der Waals surface area contributed by atoms with Gasteiger partial charge in [-0.15, -0.1) is 0 Å². The fourth-order valence-corrected chi connectivity index (χ4v) is 2.62. The van der Waals surface area contributed by atoms with E-state index < -0.39 is 0 Å². The Balaban J connectivity index is 2.00. The predicted molar refractivity (Wildman–Crippen MR) is 87.4 cm³/mol. The largest absolute Gasteiger partial charge is 0.496 e. The Hall–Kier alpha value is -1.55. The molecule has 0 bridgehead atoms. The van der Waals surface area contributed by atoms with Gasteiger partial charge in [0.15, 0.2) is 0 Å². The zero-order chi connectivity index (χ0) is 15.1. The molecule has 0 saturated carbocycles. The van der Waals surface area contributed by atoms with Gasteiger partial charge in [-0.3, -0.25) is 11.3 Å². The monoisotopic (exact) mass is 304 g/mol. The minimum absolute atomic E-state index is 0.0564. The molecular weight excluding hydrogens is 284 g/mol. The van der Waals surface area contributed by atoms with Crippen LogP contribution in [0.5, 0.6) is 5.75 Å². The van der Waals surface area contributed by atoms with E-state index in [0.717, 1.165) is 30.6 Å². The van der Waals surface area contributed by atoms with Crippen molar-refractivity contribution < 1.29 is 4.74 Å². The van der Waals surface area contributed by atoms with Crippen LogP contribution in [0.1, 0.15) is 30.0 Å². The van der Waals surface area contributed by atoms with Crippen LogP contribution in [0.25, 0.3) is 0 Å². The van der Waals surface area contributed by atoms with Gasteiger partial charge in [-0.05, 0) is 37.0 Å². The zero-order valence-corrected chi connectivity index (χ0v) is 12.9. The van der Waals surface area contributed by atoms with E-state index in [2.05, 4.69) is 29.7 Å². The molecule has 3 nitrogen and oxygen atoms in total. The number of methoxy groups -OCH3 is 1. The molecule has 0 aromatic heterocycles. The van der Waals surface area contributed by atoms with Crippen molar-refractivity contribution >= 4 is 11.6 Å². The maximum absolute atomic E-state index is 6.00. The Morgan fingerprint density at radius 1 is 1.19 bits per heavy atom. The maximum atomic E-state index is 6.00. The SMILES string of the molecule is COc1cc(Cl)ccc1C(CCCc1ccccc1)NN. The van der Waals surface area contributed by atoms with Crippen LogP contribution in [0.15, 0.2) is 48.5 Å². The van der Waals surface area contributed by atoms with E-state index in [4.69, 9.17) is 22.2 Å². The molecule has 0 spiro atoms. The van der Waals surface area contributed by atoms with Gasteiger partial charge in [0, 0.05) is 16.6 Å². The van der Waals surface area contributed by atoms with E-state index in [1.54, 1.807) is 7.11 Å². The van der Waals surface area contributed by atoms with Crippen molar-refractivity contribution in [2.45, 2.75) is 25.3 Å². The number of ether oxygens (including phenoxy) is 1. The summed E-state index contributed by atoms with van der Waals surface area (Å²) in [5.74, 6) is 6.48. The molecule has 21 heavy (non-hydrogen) atoms. The quantitative estimate of drug-likeness (QED) is 0.603. The highest BCUT2D eigenvalue weighted by Gasteiger charge is 2.14. The van der Waals surface area contributed by atoms with Crippen molar-refractivity contribution in [2.24, 2.45) is 5.84 Å². The second-order valence-electron chi connectivity index (χ2n) is 4.98. The summed E-state index contributed by atoms with van der Waals surface area (Å²) in [6.45, 7) is 0. The predicted octanol–water partition coefficient (Wildman–Crippen LogP) is 3.88. The minimum atomic E-state index is 0.0564. The molecule has 0 aliphatic heterocycles. The normalized spacial score (nSPS) is 12.1. The fourth-order valence-electron chi connectivity index (χ4n) is 2.46. The van der Waals surface area contributed by atoms with Crippen LogP contribution in [0.2, 0.25) is 5.02 Å². The third-order valence-electron chi connectivity index (χ3n) is 3.57. The molecule has 0 fully saturated rings. The number of halogens is 1. The van der Waals surface area contributed by atoms with Gasteiger partial charge in [-0.2, -0.15) is 0 Å². The number of benzene rings is 2. The summed E-state index contributed by atoms with van der Waals surface area (Å²) in [6.07, 6.45) is 3.02. The van der Waals surface area contributed by atoms with E-state index in [1.807, 2.05) is 24.3 Å². The first-order valence-electron chi connectivity index (χ1n) is 7.08. The van der Waals surface area contributed by atoms with Gasteiger partial charge in [0.25, 0.3) is 0 Å². The molecule has 0 aliphatic carbocycles. The summed E-state index contributed by atoms with van der Waals surface area (Å²) >= 11 is 6.00. The van der Waals surface area contributed by atoms with Gasteiger partial charge >= 0.3 is 0 Å². The summed E-state index contributed by atoms with van der Waals surface area (Å²) in [4.78, 5) is 0. The van der Waals surface area contributed by atoms with Gasteiger partial charge in [0.2, 0.25) is 0 Å². The lowest BCUT2D eigenvalue weighted by Crippen LogP contribution is -2.28. The molecule has 0 aliphatic rings. The first kappa shape index (κ1) is 15.8. The van der Waals surface area contributed by atoms with Crippen LogP contribution in [0, 0.1) is 0 Å². The Morgan fingerprint density at radius 3 is 2.62 bits per heavy atom. The number of aryl methyl sites for hydroxylation is 1. The van der Waals surface area contributed by atoms with Gasteiger partial charge in [0.05, 0.1) is 7.11 Å². The van der Waals surface area contributed by atoms with E-state index in [9.17, 15) is 0 Å². The molecule has 1 atom stereocenters. The number of hydrazine groups is 1. The average molecular weight is 305 g/mol. The van der Waals surface area contributed by atoms with Gasteiger partial charge in [0.1, 0.15) is 5.75 Å². The Kier molecular flexibility index (Phi) is 6.05. The molecule has 4 heteroatoms. The Morgan fingerprint density at radius 2 is 1.95 bits per heavy atom. The lowest BCUT2D eigenvalue weighted by Gasteiger charge is -2.19. The molecular formula is C17H21ClN2O. The van der Waals surface area contributed by atoms with Crippen molar-refractivity contribution in [2.75, 3.05) is 7.11 Å². The highest BCUT2D eigenvalue weighted by molar-refractivity contribution is 6.30. The number of rotatable bonds is 7. The van der Waals surface area contributed by atoms with Crippen molar-refractivity contribution in [3.05, 3.63) is 64.7 Å². The fraction of sp³-hybridized carbons (Fsp3) is 0.294. The van der Waals surface area contributed by atoms with Crippen LogP contribution >= 0.6 is 11.6 Å². The smallest absolute Gasteiger partial charge is 0.125 e. The molecule has 0 radical (unpaired) electrons. The van der Waals surface area contributed by atoms with Crippen LogP contribution in [-0.4, -0.2) is 7.11 Å². The Labute approximate surface area is 131 Å². The van der Waals surface area contributed by atoms with Crippen LogP contribution in [0.3, 0.4) is 0 Å². The molecule has 2 aromatic carbocycles. The Bertz CT molecular complexity index is 560. The molecule has 3 N–H and O–H groups in total. The first-order valence-corrected chi connectivity index (χ1v) is 7.46. The summed E-state index contributed by atoms with van der Waals surface area (Å²) in [6, 6.07) is 16.2. The lowest BCUT2D eigenvalue weighted by molar-refractivity contribution is 0.394. The third kappa shape index (κ3) is 4.46. The van der Waals surface area contributed by atoms with Crippen molar-refractivity contribution in [3.63, 3.8) is 0 Å². The minimum Gasteiger partial charge on any atom is -0.496 e. The van der Waals surface area contributed by atoms with Crippen LogP contribution < -0.4 is 16.0 Å². The van der Waals surface area contributed by atoms with E-state index in [-0.39, 0.29) is 6.04 Å². The highest BCUT2D eigenvalue weighted by atomic mass is 35.5. The summed E-state index contributed by atoms with van der Waals surface area (Å²) in [5.41, 5.74) is 5.26. The second kappa shape index (κ2) is 8.03. The third-order valence-corrected chi connectivity index (χ3v) is 3.81. The van der Waals surface area contributed by atoms with Gasteiger partial charge in [-0.1, -0.05) is 48.0 Å². The number of hydrogen-bond acceptors (Lipinski definition) is 3. The van der Waals surface area contributed by atoms with Gasteiger partial charge in [-0.25, -0.2) is 0 Å². The van der Waals surface area contributed by atoms with Crippen molar-refractivity contribution in [1.82, 2.24) is 5.43 Å². The van der Waals surface area contributed by atoms with Crippen molar-refractivity contribution in [3.8, 4) is 5.75 Å². The standard InChI is InChI=1S/C17H21ClN2O/c1-21-17-12-14(18)10-11-15(17)16(20-19)9-5-8-13-6-3-2-4-7-13/h2-4,6-7,10-12,16,20H,5,8-9,19H2,1H3. The zero-order valence-electron chi connectivity index (χ0n) is 12.2. The van der Waals surface area contributed by atoms with E-state index in [1.165, 1.54) is 5.56 Å². The molecule has 2 aromatic rings. The molecule has 112 valence electrons. The van der Waals surface area contributed by atoms with Crippen LogP contribution in [0.4, 0.5) is 0 Å². The summed E-state index contributed by atoms with van der Waals surface area (Å²) in [5, 5.41) is 0.663. The molecule has 0 heterocycles. The first-order chi connectivity index (χ1) is 10.2. The average Bonchev–Trinajstić information content (AvgIpc) is 2.53. The van der Waals surface area contributed by atoms with Crippen molar-refractivity contribution in [1.29, 1.82) is 0 Å². The lowest BCUT2D eigenvalue weighted by atomic mass is 9.99. The number of nitrogens with one attached hydrogen (secondary N) is 1. The van der Waals surface area contributed by atoms with Crippen LogP contribution in [-0.2, 0) is 6.42 Å². The van der Waals surface area contributed by atoms with E-state index in [0.29, 0.717) is 5.02 Å².